The second-order valence-corrected chi connectivity index (χ2v) is 6.97. The van der Waals surface area contributed by atoms with E-state index in [9.17, 15) is 18.0 Å². The Morgan fingerprint density at radius 1 is 1.21 bits per heavy atom. The van der Waals surface area contributed by atoms with Gasteiger partial charge in [0, 0.05) is 5.69 Å². The third kappa shape index (κ3) is 7.66. The van der Waals surface area contributed by atoms with E-state index in [1.54, 1.807) is 12.1 Å². The summed E-state index contributed by atoms with van der Waals surface area (Å²) in [6.07, 6.45) is -0.0745. The Morgan fingerprint density at radius 3 is 2.32 bits per heavy atom. The summed E-state index contributed by atoms with van der Waals surface area (Å²) in [4.78, 5) is 14.6. The number of halogens is 3. The number of amidine groups is 1. The maximum Gasteiger partial charge on any atom is 0.409 e. The first kappa shape index (κ1) is 21.8. The van der Waals surface area contributed by atoms with Gasteiger partial charge >= 0.3 is 12.3 Å². The van der Waals surface area contributed by atoms with Crippen molar-refractivity contribution in [1.29, 1.82) is 0 Å². The number of ether oxygens (including phenoxy) is 1. The zero-order valence-electron chi connectivity index (χ0n) is 15.5. The average molecular weight is 401 g/mol. The Morgan fingerprint density at radius 2 is 1.86 bits per heavy atom. The molecule has 0 radical (unpaired) electrons. The van der Waals surface area contributed by atoms with Crippen LogP contribution in [0.3, 0.4) is 0 Å². The van der Waals surface area contributed by atoms with Gasteiger partial charge in [-0.3, -0.25) is 5.32 Å². The van der Waals surface area contributed by atoms with E-state index in [0.717, 1.165) is 37.7 Å². The monoisotopic (exact) mass is 401 g/mol. The third-order valence-electron chi connectivity index (χ3n) is 4.77. The number of carbonyl (C=O) groups is 1. The molecule has 1 amide bonds. The number of benzene rings is 1. The van der Waals surface area contributed by atoms with Crippen molar-refractivity contribution in [3.05, 3.63) is 29.8 Å². The number of rotatable bonds is 4. The largest absolute Gasteiger partial charge is 0.465 e. The van der Waals surface area contributed by atoms with Crippen LogP contribution in [0.25, 0.3) is 0 Å². The van der Waals surface area contributed by atoms with E-state index in [-0.39, 0.29) is 12.1 Å². The topological polar surface area (TPSA) is 96.9 Å². The number of nitrogens with two attached hydrogens (primary N) is 1. The molecule has 1 heterocycles. The number of aliphatic imine (C=N–C) groups is 1. The highest BCUT2D eigenvalue weighted by Crippen LogP contribution is 2.37. The van der Waals surface area contributed by atoms with Gasteiger partial charge in [-0.2, -0.15) is 13.2 Å². The molecule has 1 aromatic carbocycles. The zero-order valence-corrected chi connectivity index (χ0v) is 15.5. The maximum atomic E-state index is 11.9. The summed E-state index contributed by atoms with van der Waals surface area (Å²) in [5.41, 5.74) is 7.12. The molecular formula is C19H26F3N3O3. The number of nitrogens with one attached hydrogen (secondary N) is 1. The van der Waals surface area contributed by atoms with Crippen molar-refractivity contribution in [1.82, 2.24) is 0 Å². The van der Waals surface area contributed by atoms with Crippen molar-refractivity contribution in [2.45, 2.75) is 57.2 Å². The highest BCUT2D eigenvalue weighted by atomic mass is 19.4. The van der Waals surface area contributed by atoms with Crippen LogP contribution in [0.15, 0.2) is 29.3 Å². The molecule has 1 fully saturated rings. The molecule has 1 atom stereocenters. The second-order valence-electron chi connectivity index (χ2n) is 6.97. The van der Waals surface area contributed by atoms with Crippen LogP contribution in [0.2, 0.25) is 0 Å². The molecule has 6 nitrogen and oxygen atoms in total. The van der Waals surface area contributed by atoms with Crippen molar-refractivity contribution in [3.63, 3.8) is 0 Å². The van der Waals surface area contributed by atoms with Gasteiger partial charge in [-0.25, -0.2) is 9.79 Å². The molecule has 156 valence electrons. The highest BCUT2D eigenvalue weighted by molar-refractivity contribution is 5.82. The number of carboxylic acid groups (broad SMARTS) is 1. The zero-order chi connectivity index (χ0) is 20.6. The van der Waals surface area contributed by atoms with Crippen molar-refractivity contribution in [2.24, 2.45) is 16.6 Å². The molecule has 9 heteroatoms. The van der Waals surface area contributed by atoms with Gasteiger partial charge in [0.25, 0.3) is 6.02 Å². The molecule has 0 aromatic heterocycles. The predicted octanol–water partition coefficient (Wildman–Crippen LogP) is 4.55. The molecular weight excluding hydrogens is 375 g/mol. The molecule has 1 aromatic rings. The number of alkyl halides is 3. The Kier molecular flexibility index (Phi) is 7.95. The lowest BCUT2D eigenvalue weighted by molar-refractivity contribution is -0.181. The molecule has 28 heavy (non-hydrogen) atoms. The third-order valence-corrected chi connectivity index (χ3v) is 4.77. The molecule has 1 aliphatic carbocycles. The average Bonchev–Trinajstić information content (AvgIpc) is 3.07. The van der Waals surface area contributed by atoms with E-state index in [4.69, 9.17) is 15.6 Å². The quantitative estimate of drug-likeness (QED) is 0.689. The fraction of sp³-hybridized carbons (Fsp3) is 0.579. The molecule has 0 spiro atoms. The van der Waals surface area contributed by atoms with Gasteiger partial charge in [-0.1, -0.05) is 31.4 Å². The van der Waals surface area contributed by atoms with Crippen LogP contribution in [0.4, 0.5) is 23.7 Å². The first-order valence-corrected chi connectivity index (χ1v) is 9.35. The Balaban J connectivity index is 0.000000237. The Bertz CT molecular complexity index is 657. The van der Waals surface area contributed by atoms with Gasteiger partial charge in [0.15, 0.2) is 0 Å². The summed E-state index contributed by atoms with van der Waals surface area (Å²) in [5, 5.41) is 10.8. The summed E-state index contributed by atoms with van der Waals surface area (Å²) in [6, 6.07) is 7.67. The van der Waals surface area contributed by atoms with Crippen molar-refractivity contribution in [3.8, 4) is 0 Å². The number of hydrogen-bond donors (Lipinski definition) is 3. The summed E-state index contributed by atoms with van der Waals surface area (Å²) in [7, 11) is 0. The number of nitrogens with zero attached hydrogens (tertiary/aromatic N) is 1. The minimum Gasteiger partial charge on any atom is -0.465 e. The van der Waals surface area contributed by atoms with Crippen LogP contribution in [-0.2, 0) is 11.2 Å². The molecule has 0 unspecified atom stereocenters. The van der Waals surface area contributed by atoms with Gasteiger partial charge in [0.2, 0.25) is 0 Å². The molecule has 2 aliphatic rings. The van der Waals surface area contributed by atoms with E-state index in [1.807, 2.05) is 12.1 Å². The number of aryl methyl sites for hydroxylation is 1. The molecule has 4 N–H and O–H groups in total. The van der Waals surface area contributed by atoms with Gasteiger partial charge in [0.05, 0.1) is 12.0 Å². The smallest absolute Gasteiger partial charge is 0.409 e. The SMILES string of the molecule is FC(F)(F)C1CCCCC1.NC1=N[C@@H](CCc2ccc(NC(=O)O)cc2)CO1. The van der Waals surface area contributed by atoms with E-state index < -0.39 is 18.2 Å². The minimum absolute atomic E-state index is 0.127. The molecule has 3 rings (SSSR count). The van der Waals surface area contributed by atoms with Crippen LogP contribution in [0.5, 0.6) is 0 Å². The Hall–Kier alpha value is -2.45. The van der Waals surface area contributed by atoms with Gasteiger partial charge in [-0.15, -0.1) is 0 Å². The second kappa shape index (κ2) is 10.2. The van der Waals surface area contributed by atoms with Crippen LogP contribution in [0, 0.1) is 5.92 Å². The fourth-order valence-electron chi connectivity index (χ4n) is 3.23. The van der Waals surface area contributed by atoms with Crippen molar-refractivity contribution >= 4 is 17.8 Å². The van der Waals surface area contributed by atoms with Crippen LogP contribution >= 0.6 is 0 Å². The van der Waals surface area contributed by atoms with Gasteiger partial charge < -0.3 is 15.6 Å². The highest BCUT2D eigenvalue weighted by Gasteiger charge is 2.39. The standard InChI is InChI=1S/C12H15N3O3.C7H11F3/c13-11-14-10(7-18-11)6-3-8-1-4-9(5-2-8)15-12(16)17;8-7(9,10)6-4-2-1-3-5-6/h1-2,4-5,10,15H,3,6-7H2,(H2,13,14)(H,16,17);6H,1-5H2/t10-;/m0./s1. The normalized spacial score (nSPS) is 19.8. The van der Waals surface area contributed by atoms with Gasteiger partial charge in [-0.05, 0) is 43.4 Å². The van der Waals surface area contributed by atoms with Crippen LogP contribution < -0.4 is 11.1 Å². The fourth-order valence-corrected chi connectivity index (χ4v) is 3.23. The van der Waals surface area contributed by atoms with Gasteiger partial charge in [0.1, 0.15) is 6.61 Å². The molecule has 1 saturated carbocycles. The summed E-state index contributed by atoms with van der Waals surface area (Å²) >= 11 is 0. The van der Waals surface area contributed by atoms with Crippen LogP contribution in [-0.4, -0.2) is 36.0 Å². The Labute approximate surface area is 162 Å². The van der Waals surface area contributed by atoms with E-state index in [0.29, 0.717) is 25.1 Å². The predicted molar refractivity (Wildman–Crippen MR) is 100 cm³/mol. The van der Waals surface area contributed by atoms with Crippen LogP contribution in [0.1, 0.15) is 44.1 Å². The summed E-state index contributed by atoms with van der Waals surface area (Å²) < 4.78 is 40.9. The minimum atomic E-state index is -3.93. The molecule has 0 bridgehead atoms. The lowest BCUT2D eigenvalue weighted by Crippen LogP contribution is -2.24. The van der Waals surface area contributed by atoms with E-state index in [2.05, 4.69) is 10.3 Å². The lowest BCUT2D eigenvalue weighted by atomic mass is 9.89. The number of hydrogen-bond acceptors (Lipinski definition) is 4. The number of amides is 1. The van der Waals surface area contributed by atoms with E-state index >= 15 is 0 Å². The first-order chi connectivity index (χ1) is 13.2. The maximum absolute atomic E-state index is 11.9. The molecule has 1 aliphatic heterocycles. The first-order valence-electron chi connectivity index (χ1n) is 9.35. The summed E-state index contributed by atoms with van der Waals surface area (Å²) in [5.74, 6) is -0.999. The van der Waals surface area contributed by atoms with Crippen molar-refractivity contribution in [2.75, 3.05) is 11.9 Å². The van der Waals surface area contributed by atoms with Crippen molar-refractivity contribution < 1.29 is 27.8 Å². The van der Waals surface area contributed by atoms with E-state index in [1.165, 1.54) is 0 Å². The number of anilines is 1. The molecule has 0 saturated heterocycles. The lowest BCUT2D eigenvalue weighted by Gasteiger charge is -2.23. The summed E-state index contributed by atoms with van der Waals surface area (Å²) in [6.45, 7) is 0.546.